The molecule has 1 aromatic heterocycles. The molecule has 0 radical (unpaired) electrons. The Morgan fingerprint density at radius 3 is 2.87 bits per heavy atom. The highest BCUT2D eigenvalue weighted by Gasteiger charge is 2.30. The minimum absolute atomic E-state index is 0.234. The fourth-order valence-electron chi connectivity index (χ4n) is 3.22. The molecule has 3 rings (SSSR count). The van der Waals surface area contributed by atoms with Gasteiger partial charge in [0, 0.05) is 9.35 Å². The number of fused-ring (bicyclic) bond motifs is 1. The Morgan fingerprint density at radius 2 is 2.13 bits per heavy atom. The monoisotopic (exact) mass is 491 g/mol. The number of ether oxygens (including phenoxy) is 1. The van der Waals surface area contributed by atoms with Gasteiger partial charge in [-0.1, -0.05) is 35.0 Å². The summed E-state index contributed by atoms with van der Waals surface area (Å²) in [4.78, 5) is 38.1. The first-order chi connectivity index (χ1) is 14.4. The lowest BCUT2D eigenvalue weighted by atomic mass is 9.88. The van der Waals surface area contributed by atoms with Crippen LogP contribution in [0.2, 0.25) is 0 Å². The number of amides is 2. The van der Waals surface area contributed by atoms with Crippen molar-refractivity contribution in [1.82, 2.24) is 5.43 Å². The molecule has 2 aromatic rings. The molecule has 158 valence electrons. The summed E-state index contributed by atoms with van der Waals surface area (Å²) in [5, 5.41) is 6.73. The minimum atomic E-state index is -0.921. The number of nitrogens with one attached hydrogen (secondary N) is 2. The standard InChI is InChI=1S/C21H22BrN3O4S/c1-3-29-21(28)17-15-8-7-12(2)9-16(15)30-20(17)24-18(26)19(27)25-23-11-13-5-4-6-14(22)10-13/h4-6,10-12H,3,7-9H2,1-2H3,(H,24,26)(H,25,27)/b23-11+. The van der Waals surface area contributed by atoms with Gasteiger partial charge in [-0.2, -0.15) is 5.10 Å². The van der Waals surface area contributed by atoms with Crippen LogP contribution in [0.15, 0.2) is 33.8 Å². The summed E-state index contributed by atoms with van der Waals surface area (Å²) in [7, 11) is 0. The lowest BCUT2D eigenvalue weighted by molar-refractivity contribution is -0.136. The highest BCUT2D eigenvalue weighted by molar-refractivity contribution is 9.10. The molecule has 1 aliphatic rings. The average molecular weight is 492 g/mol. The van der Waals surface area contributed by atoms with Crippen LogP contribution in [0, 0.1) is 5.92 Å². The molecule has 2 N–H and O–H groups in total. The SMILES string of the molecule is CCOC(=O)c1c(NC(=O)C(=O)N/N=C/c2cccc(Br)c2)sc2c1CCC(C)C2. The zero-order valence-corrected chi connectivity index (χ0v) is 19.1. The van der Waals surface area contributed by atoms with Gasteiger partial charge in [0.2, 0.25) is 0 Å². The fraction of sp³-hybridized carbons (Fsp3) is 0.333. The first kappa shape index (κ1) is 22.2. The summed E-state index contributed by atoms with van der Waals surface area (Å²) in [6, 6.07) is 7.32. The maximum Gasteiger partial charge on any atom is 0.341 e. The highest BCUT2D eigenvalue weighted by Crippen LogP contribution is 2.40. The molecule has 9 heteroatoms. The number of benzene rings is 1. The van der Waals surface area contributed by atoms with E-state index < -0.39 is 17.8 Å². The molecule has 0 bridgehead atoms. The number of carbonyl (C=O) groups excluding carboxylic acids is 3. The number of hydrogen-bond donors (Lipinski definition) is 2. The summed E-state index contributed by atoms with van der Waals surface area (Å²) in [5.41, 5.74) is 4.24. The number of carbonyl (C=O) groups is 3. The maximum atomic E-state index is 12.5. The van der Waals surface area contributed by atoms with Crippen molar-refractivity contribution in [2.75, 3.05) is 11.9 Å². The van der Waals surface area contributed by atoms with Crippen LogP contribution < -0.4 is 10.7 Å². The Hall–Kier alpha value is -2.52. The quantitative estimate of drug-likeness (QED) is 0.286. The van der Waals surface area contributed by atoms with E-state index in [4.69, 9.17) is 4.74 Å². The van der Waals surface area contributed by atoms with Crippen molar-refractivity contribution in [2.45, 2.75) is 33.1 Å². The van der Waals surface area contributed by atoms with Crippen molar-refractivity contribution < 1.29 is 19.1 Å². The van der Waals surface area contributed by atoms with Crippen molar-refractivity contribution >= 4 is 56.3 Å². The van der Waals surface area contributed by atoms with Gasteiger partial charge < -0.3 is 10.1 Å². The molecule has 0 saturated carbocycles. The highest BCUT2D eigenvalue weighted by atomic mass is 79.9. The third kappa shape index (κ3) is 5.34. The first-order valence-electron chi connectivity index (χ1n) is 9.60. The number of halogens is 1. The Labute approximate surface area is 187 Å². The molecule has 30 heavy (non-hydrogen) atoms. The molecule has 0 saturated heterocycles. The van der Waals surface area contributed by atoms with Crippen LogP contribution >= 0.6 is 27.3 Å². The molecule has 7 nitrogen and oxygen atoms in total. The number of anilines is 1. The fourth-order valence-corrected chi connectivity index (χ4v) is 5.03. The smallest absolute Gasteiger partial charge is 0.341 e. The van der Waals surface area contributed by atoms with Crippen molar-refractivity contribution in [1.29, 1.82) is 0 Å². The molecule has 1 aromatic carbocycles. The number of nitrogens with zero attached hydrogens (tertiary/aromatic N) is 1. The summed E-state index contributed by atoms with van der Waals surface area (Å²) in [6.07, 6.45) is 3.99. The van der Waals surface area contributed by atoms with Crippen LogP contribution in [0.3, 0.4) is 0 Å². The molecular formula is C21H22BrN3O4S. The van der Waals surface area contributed by atoms with E-state index in [1.165, 1.54) is 17.6 Å². The Balaban J connectivity index is 1.72. The summed E-state index contributed by atoms with van der Waals surface area (Å²) < 4.78 is 6.05. The number of esters is 1. The normalized spacial score (nSPS) is 15.5. The van der Waals surface area contributed by atoms with Gasteiger partial charge in [-0.05, 0) is 55.4 Å². The van der Waals surface area contributed by atoms with E-state index in [1.54, 1.807) is 6.92 Å². The van der Waals surface area contributed by atoms with Gasteiger partial charge in [-0.15, -0.1) is 11.3 Å². The number of hydrazone groups is 1. The zero-order valence-electron chi connectivity index (χ0n) is 16.7. The summed E-state index contributed by atoms with van der Waals surface area (Å²) in [6.45, 7) is 4.12. The van der Waals surface area contributed by atoms with Crippen molar-refractivity contribution in [3.8, 4) is 0 Å². The molecular weight excluding hydrogens is 470 g/mol. The van der Waals surface area contributed by atoms with Crippen molar-refractivity contribution in [3.63, 3.8) is 0 Å². The van der Waals surface area contributed by atoms with E-state index in [-0.39, 0.29) is 6.61 Å². The van der Waals surface area contributed by atoms with Crippen LogP contribution in [0.1, 0.15) is 46.6 Å². The molecule has 0 fully saturated rings. The number of hydrogen-bond acceptors (Lipinski definition) is 6. The van der Waals surface area contributed by atoms with Crippen LogP contribution in [-0.4, -0.2) is 30.6 Å². The van der Waals surface area contributed by atoms with Gasteiger partial charge in [-0.25, -0.2) is 10.2 Å². The van der Waals surface area contributed by atoms with E-state index >= 15 is 0 Å². The van der Waals surface area contributed by atoms with Gasteiger partial charge in [0.15, 0.2) is 0 Å². The second-order valence-corrected chi connectivity index (χ2v) is 9.01. The minimum Gasteiger partial charge on any atom is -0.462 e. The summed E-state index contributed by atoms with van der Waals surface area (Å²) >= 11 is 4.68. The third-order valence-electron chi connectivity index (χ3n) is 4.65. The molecule has 2 amide bonds. The largest absolute Gasteiger partial charge is 0.462 e. The molecule has 1 aliphatic carbocycles. The Kier molecular flexibility index (Phi) is 7.38. The second kappa shape index (κ2) is 9.99. The van der Waals surface area contributed by atoms with Gasteiger partial charge in [0.25, 0.3) is 0 Å². The van der Waals surface area contributed by atoms with E-state index in [1.807, 2.05) is 24.3 Å². The van der Waals surface area contributed by atoms with E-state index in [0.29, 0.717) is 16.5 Å². The molecule has 1 heterocycles. The van der Waals surface area contributed by atoms with Gasteiger partial charge in [0.1, 0.15) is 5.00 Å². The van der Waals surface area contributed by atoms with E-state index in [0.717, 1.165) is 39.7 Å². The molecule has 0 aliphatic heterocycles. The van der Waals surface area contributed by atoms with Gasteiger partial charge >= 0.3 is 17.8 Å². The third-order valence-corrected chi connectivity index (χ3v) is 6.32. The number of thiophene rings is 1. The molecule has 1 atom stereocenters. The Morgan fingerprint density at radius 1 is 1.33 bits per heavy atom. The predicted molar refractivity (Wildman–Crippen MR) is 120 cm³/mol. The van der Waals surface area contributed by atoms with Crippen LogP contribution in [0.5, 0.6) is 0 Å². The average Bonchev–Trinajstić information content (AvgIpc) is 3.04. The molecule has 0 spiro atoms. The zero-order chi connectivity index (χ0) is 21.7. The number of rotatable bonds is 5. The van der Waals surface area contributed by atoms with Crippen LogP contribution in [0.25, 0.3) is 0 Å². The lowest BCUT2D eigenvalue weighted by Crippen LogP contribution is -2.32. The van der Waals surface area contributed by atoms with E-state index in [9.17, 15) is 14.4 Å². The second-order valence-electron chi connectivity index (χ2n) is 6.98. The lowest BCUT2D eigenvalue weighted by Gasteiger charge is -2.18. The Bertz CT molecular complexity index is 1000. The van der Waals surface area contributed by atoms with Crippen LogP contribution in [0.4, 0.5) is 5.00 Å². The van der Waals surface area contributed by atoms with Gasteiger partial charge in [0.05, 0.1) is 18.4 Å². The predicted octanol–water partition coefficient (Wildman–Crippen LogP) is 3.90. The molecule has 1 unspecified atom stereocenters. The van der Waals surface area contributed by atoms with Crippen molar-refractivity contribution in [2.24, 2.45) is 11.0 Å². The first-order valence-corrected chi connectivity index (χ1v) is 11.2. The maximum absolute atomic E-state index is 12.5. The topological polar surface area (TPSA) is 96.9 Å². The summed E-state index contributed by atoms with van der Waals surface area (Å²) in [5.74, 6) is -1.78. The van der Waals surface area contributed by atoms with Crippen molar-refractivity contribution in [3.05, 3.63) is 50.3 Å². The van der Waals surface area contributed by atoms with Gasteiger partial charge in [-0.3, -0.25) is 9.59 Å². The van der Waals surface area contributed by atoms with Crippen LogP contribution in [-0.2, 0) is 27.2 Å². The van der Waals surface area contributed by atoms with E-state index in [2.05, 4.69) is 38.7 Å².